The molecule has 8 nitrogen and oxygen atoms in total. The number of carbonyl (C=O) groups excluding carboxylic acids is 2. The van der Waals surface area contributed by atoms with Crippen LogP contribution in [0.1, 0.15) is 52.5 Å². The summed E-state index contributed by atoms with van der Waals surface area (Å²) in [7, 11) is 1.50. The van der Waals surface area contributed by atoms with Gasteiger partial charge in [-0.1, -0.05) is 23.4 Å². The van der Waals surface area contributed by atoms with Gasteiger partial charge in [0.1, 0.15) is 0 Å². The highest BCUT2D eigenvalue weighted by Crippen LogP contribution is 2.29. The lowest BCUT2D eigenvalue weighted by Crippen LogP contribution is -2.49. The van der Waals surface area contributed by atoms with Crippen LogP contribution in [0.25, 0.3) is 0 Å². The van der Waals surface area contributed by atoms with E-state index in [-0.39, 0.29) is 30.8 Å². The second-order valence-corrected chi connectivity index (χ2v) is 7.91. The first-order valence-corrected chi connectivity index (χ1v) is 10.6. The van der Waals surface area contributed by atoms with Gasteiger partial charge in [0.15, 0.2) is 5.82 Å². The van der Waals surface area contributed by atoms with Crippen molar-refractivity contribution in [2.75, 3.05) is 19.5 Å². The Bertz CT molecular complexity index is 885. The Morgan fingerprint density at radius 1 is 1.24 bits per heavy atom. The summed E-state index contributed by atoms with van der Waals surface area (Å²) < 4.78 is 16.5. The van der Waals surface area contributed by atoms with Crippen molar-refractivity contribution in [2.45, 2.75) is 44.6 Å². The summed E-state index contributed by atoms with van der Waals surface area (Å²) in [5.41, 5.74) is 1.10. The molecule has 0 fully saturated rings. The molecule has 29 heavy (non-hydrogen) atoms. The molecule has 1 unspecified atom stereocenters. The van der Waals surface area contributed by atoms with Crippen LogP contribution in [0.4, 0.5) is 0 Å². The number of fused-ring (bicyclic) bond motifs is 1. The van der Waals surface area contributed by atoms with Crippen molar-refractivity contribution in [3.05, 3.63) is 46.6 Å². The lowest BCUT2D eigenvalue weighted by atomic mass is 10.0. The molecule has 3 rings (SSSR count). The topological polar surface area (TPSA) is 104 Å². The van der Waals surface area contributed by atoms with E-state index in [4.69, 9.17) is 14.0 Å². The van der Waals surface area contributed by atoms with E-state index in [0.717, 1.165) is 11.1 Å². The average molecular weight is 420 g/mol. The van der Waals surface area contributed by atoms with Gasteiger partial charge in [-0.15, -0.1) is 0 Å². The minimum absolute atomic E-state index is 0.192. The monoisotopic (exact) mass is 419 g/mol. The fourth-order valence-electron chi connectivity index (χ4n) is 3.17. The molecular weight excluding hydrogens is 394 g/mol. The zero-order chi connectivity index (χ0) is 20.9. The molecule has 1 amide bonds. The van der Waals surface area contributed by atoms with Crippen molar-refractivity contribution in [2.24, 2.45) is 0 Å². The maximum absolute atomic E-state index is 12.6. The van der Waals surface area contributed by atoms with Gasteiger partial charge in [-0.3, -0.25) is 4.79 Å². The van der Waals surface area contributed by atoms with Crippen molar-refractivity contribution in [3.63, 3.8) is 0 Å². The predicted octanol–water partition coefficient (Wildman–Crippen LogP) is 2.88. The van der Waals surface area contributed by atoms with Gasteiger partial charge < -0.3 is 19.3 Å². The van der Waals surface area contributed by atoms with E-state index in [9.17, 15) is 9.59 Å². The van der Waals surface area contributed by atoms with Crippen molar-refractivity contribution in [3.8, 4) is 0 Å². The summed E-state index contributed by atoms with van der Waals surface area (Å²) in [5.74, 6) is 1.00. The minimum atomic E-state index is -1.24. The smallest absolute Gasteiger partial charge is 0.338 e. The quantitative estimate of drug-likeness (QED) is 0.741. The van der Waals surface area contributed by atoms with Gasteiger partial charge in [0.25, 0.3) is 5.89 Å². The summed E-state index contributed by atoms with van der Waals surface area (Å²) in [5, 5.41) is 6.76. The van der Waals surface area contributed by atoms with Crippen LogP contribution in [0.3, 0.4) is 0 Å². The third kappa shape index (κ3) is 4.97. The van der Waals surface area contributed by atoms with Crippen molar-refractivity contribution in [1.29, 1.82) is 0 Å². The van der Waals surface area contributed by atoms with Gasteiger partial charge >= 0.3 is 5.97 Å². The summed E-state index contributed by atoms with van der Waals surface area (Å²) in [6.45, 7) is 3.87. The highest BCUT2D eigenvalue weighted by molar-refractivity contribution is 7.98. The summed E-state index contributed by atoms with van der Waals surface area (Å²) >= 11 is 1.50. The van der Waals surface area contributed by atoms with Gasteiger partial charge in [0, 0.05) is 19.3 Å². The summed E-state index contributed by atoms with van der Waals surface area (Å²) in [6, 6.07) is 5.72. The summed E-state index contributed by atoms with van der Waals surface area (Å²) in [6.07, 6.45) is 1.44. The number of nitrogens with one attached hydrogen (secondary N) is 1. The van der Waals surface area contributed by atoms with E-state index in [1.807, 2.05) is 25.1 Å². The Kier molecular flexibility index (Phi) is 6.92. The third-order valence-electron chi connectivity index (χ3n) is 4.72. The van der Waals surface area contributed by atoms with E-state index in [1.165, 1.54) is 18.9 Å². The van der Waals surface area contributed by atoms with E-state index in [0.29, 0.717) is 35.7 Å². The van der Waals surface area contributed by atoms with Crippen LogP contribution in [-0.2, 0) is 25.7 Å². The number of nitrogens with zero attached hydrogens (tertiary/aromatic N) is 2. The third-order valence-corrected chi connectivity index (χ3v) is 5.85. The highest BCUT2D eigenvalue weighted by atomic mass is 32.2. The summed E-state index contributed by atoms with van der Waals surface area (Å²) in [4.78, 5) is 29.4. The number of hydrogen-bond donors (Lipinski definition) is 1. The van der Waals surface area contributed by atoms with Crippen LogP contribution in [0, 0.1) is 13.8 Å². The number of esters is 1. The van der Waals surface area contributed by atoms with Crippen molar-refractivity contribution in [1.82, 2.24) is 15.5 Å². The zero-order valence-corrected chi connectivity index (χ0v) is 17.6. The number of hydrogen-bond acceptors (Lipinski definition) is 8. The second-order valence-electron chi connectivity index (χ2n) is 6.92. The van der Waals surface area contributed by atoms with Gasteiger partial charge in [-0.25, -0.2) is 4.79 Å². The van der Waals surface area contributed by atoms with E-state index in [1.54, 1.807) is 6.92 Å². The van der Waals surface area contributed by atoms with E-state index in [2.05, 4.69) is 15.5 Å². The fraction of sp³-hybridized carbons (Fsp3) is 0.500. The molecule has 1 aromatic heterocycles. The van der Waals surface area contributed by atoms with Crippen LogP contribution < -0.4 is 5.32 Å². The molecular formula is C20H25N3O5S. The molecule has 2 heterocycles. The van der Waals surface area contributed by atoms with Crippen LogP contribution in [0.15, 0.2) is 22.7 Å². The molecule has 156 valence electrons. The number of ether oxygens (including phenoxy) is 2. The largest absolute Gasteiger partial charge is 0.462 e. The molecule has 0 saturated carbocycles. The number of carbonyl (C=O) groups is 2. The molecule has 0 aliphatic carbocycles. The van der Waals surface area contributed by atoms with Gasteiger partial charge in [-0.05, 0) is 37.8 Å². The molecule has 2 aromatic rings. The Morgan fingerprint density at radius 3 is 2.79 bits per heavy atom. The Balaban J connectivity index is 1.92. The molecule has 1 atom stereocenters. The zero-order valence-electron chi connectivity index (χ0n) is 16.8. The normalized spacial score (nSPS) is 21.6. The first-order chi connectivity index (χ1) is 13.9. The number of rotatable bonds is 2. The van der Waals surface area contributed by atoms with Crippen LogP contribution in [0.5, 0.6) is 0 Å². The first-order valence-electron chi connectivity index (χ1n) is 9.45. The van der Waals surface area contributed by atoms with E-state index >= 15 is 0 Å². The number of thioether (sulfide) groups is 1. The molecule has 0 spiro atoms. The molecule has 0 saturated heterocycles. The Labute approximate surface area is 173 Å². The van der Waals surface area contributed by atoms with Crippen LogP contribution in [-0.4, -0.2) is 41.5 Å². The maximum atomic E-state index is 12.6. The lowest BCUT2D eigenvalue weighted by molar-refractivity contribution is -0.132. The van der Waals surface area contributed by atoms with Gasteiger partial charge in [0.2, 0.25) is 11.6 Å². The van der Waals surface area contributed by atoms with Crippen molar-refractivity contribution < 1.29 is 23.6 Å². The standard InChI is InChI=1S/C20H25N3O5S/c1-13-7-6-8-15-11-29-12-20(26-3,19-21-14(2)23-28-19)22-16(24)9-4-5-10-27-18(25)17(13)15/h6-8H,4-5,9-12H2,1-3H3,(H,22,24). The number of aryl methyl sites for hydroxylation is 2. The number of amides is 1. The van der Waals surface area contributed by atoms with E-state index < -0.39 is 5.72 Å². The molecule has 9 heteroatoms. The number of methoxy groups -OCH3 is 1. The Morgan fingerprint density at radius 2 is 2.07 bits per heavy atom. The molecule has 1 N–H and O–H groups in total. The fourth-order valence-corrected chi connectivity index (χ4v) is 4.33. The molecule has 0 radical (unpaired) electrons. The minimum Gasteiger partial charge on any atom is -0.462 e. The number of benzene rings is 1. The predicted molar refractivity (Wildman–Crippen MR) is 107 cm³/mol. The molecule has 1 aliphatic heterocycles. The molecule has 1 aromatic carbocycles. The Hall–Kier alpha value is -2.39. The van der Waals surface area contributed by atoms with Gasteiger partial charge in [-0.2, -0.15) is 16.7 Å². The van der Waals surface area contributed by atoms with Crippen LogP contribution >= 0.6 is 11.8 Å². The molecule has 0 bridgehead atoms. The number of aromatic nitrogens is 2. The molecule has 1 aliphatic rings. The average Bonchev–Trinajstić information content (AvgIpc) is 3.13. The lowest BCUT2D eigenvalue weighted by Gasteiger charge is -2.29. The highest BCUT2D eigenvalue weighted by Gasteiger charge is 2.40. The second kappa shape index (κ2) is 9.41. The van der Waals surface area contributed by atoms with Crippen LogP contribution in [0.2, 0.25) is 0 Å². The first kappa shape index (κ1) is 21.3. The number of cyclic esters (lactones) is 1. The maximum Gasteiger partial charge on any atom is 0.338 e. The van der Waals surface area contributed by atoms with Gasteiger partial charge in [0.05, 0.1) is 17.9 Å². The van der Waals surface area contributed by atoms with Crippen molar-refractivity contribution >= 4 is 23.6 Å². The SMILES string of the molecule is COC1(c2nc(C)no2)CSCc2cccc(C)c2C(=O)OCCCCC(=O)N1.